The largest absolute Gasteiger partial charge is 0.493 e. The highest BCUT2D eigenvalue weighted by atomic mass is 16.5. The summed E-state index contributed by atoms with van der Waals surface area (Å²) in [6.45, 7) is 4.64. The lowest BCUT2D eigenvalue weighted by molar-refractivity contribution is 0.297. The first-order chi connectivity index (χ1) is 7.59. The molecular formula is C13H22N2O. The summed E-state index contributed by atoms with van der Waals surface area (Å²) in [5, 5.41) is 0. The first-order valence-electron chi connectivity index (χ1n) is 5.81. The number of hydrogen-bond donors (Lipinski definition) is 2. The van der Waals surface area contributed by atoms with E-state index in [0.717, 1.165) is 18.6 Å². The van der Waals surface area contributed by atoms with Crippen LogP contribution in [-0.4, -0.2) is 18.7 Å². The van der Waals surface area contributed by atoms with Crippen LogP contribution in [0.15, 0.2) is 24.3 Å². The lowest BCUT2D eigenvalue weighted by Crippen LogP contribution is -2.20. The molecule has 4 N–H and O–H groups in total. The van der Waals surface area contributed by atoms with Crippen LogP contribution in [0.3, 0.4) is 0 Å². The summed E-state index contributed by atoms with van der Waals surface area (Å²) < 4.78 is 5.71. The van der Waals surface area contributed by atoms with Crippen molar-refractivity contribution in [3.63, 3.8) is 0 Å². The quantitative estimate of drug-likeness (QED) is 0.770. The molecule has 1 aromatic carbocycles. The van der Waals surface area contributed by atoms with Crippen molar-refractivity contribution in [2.75, 3.05) is 6.61 Å². The molecule has 0 saturated heterocycles. The Kier molecular flexibility index (Phi) is 5.29. The fourth-order valence-corrected chi connectivity index (χ4v) is 1.51. The van der Waals surface area contributed by atoms with Gasteiger partial charge < -0.3 is 16.2 Å². The molecule has 2 unspecified atom stereocenters. The molecule has 0 aliphatic carbocycles. The first-order valence-corrected chi connectivity index (χ1v) is 5.81. The number of para-hydroxylation sites is 1. The molecule has 0 radical (unpaired) electrons. The molecule has 0 fully saturated rings. The van der Waals surface area contributed by atoms with Crippen LogP contribution >= 0.6 is 0 Å². The first kappa shape index (κ1) is 13.0. The van der Waals surface area contributed by atoms with Gasteiger partial charge in [-0.3, -0.25) is 0 Å². The van der Waals surface area contributed by atoms with Crippen molar-refractivity contribution in [1.29, 1.82) is 0 Å². The van der Waals surface area contributed by atoms with Crippen molar-refractivity contribution in [2.24, 2.45) is 11.5 Å². The third-order valence-corrected chi connectivity index (χ3v) is 2.35. The molecular weight excluding hydrogens is 200 g/mol. The Labute approximate surface area is 97.8 Å². The van der Waals surface area contributed by atoms with Crippen LogP contribution in [0.4, 0.5) is 0 Å². The smallest absolute Gasteiger partial charge is 0.122 e. The normalized spacial score (nSPS) is 14.5. The standard InChI is InChI=1S/C13H22N2O/c1-10(14)7-8-16-13-6-4-3-5-12(13)9-11(2)15/h3-6,10-11H,7-9,14-15H2,1-2H3. The van der Waals surface area contributed by atoms with Gasteiger partial charge in [0.15, 0.2) is 0 Å². The molecule has 16 heavy (non-hydrogen) atoms. The monoisotopic (exact) mass is 222 g/mol. The van der Waals surface area contributed by atoms with Gasteiger partial charge in [-0.05, 0) is 38.3 Å². The molecule has 0 heterocycles. The van der Waals surface area contributed by atoms with Gasteiger partial charge >= 0.3 is 0 Å². The Bertz CT molecular complexity index is 311. The van der Waals surface area contributed by atoms with Crippen LogP contribution in [-0.2, 0) is 6.42 Å². The summed E-state index contributed by atoms with van der Waals surface area (Å²) in [5.74, 6) is 0.931. The van der Waals surface area contributed by atoms with Gasteiger partial charge in [0, 0.05) is 12.1 Å². The zero-order chi connectivity index (χ0) is 12.0. The molecule has 1 aromatic rings. The molecule has 0 amide bonds. The summed E-state index contributed by atoms with van der Waals surface area (Å²) >= 11 is 0. The van der Waals surface area contributed by atoms with Crippen molar-refractivity contribution < 1.29 is 4.74 Å². The van der Waals surface area contributed by atoms with Gasteiger partial charge in [0.1, 0.15) is 5.75 Å². The predicted molar refractivity (Wildman–Crippen MR) is 67.6 cm³/mol. The SMILES string of the molecule is CC(N)CCOc1ccccc1CC(C)N. The zero-order valence-corrected chi connectivity index (χ0v) is 10.1. The summed E-state index contributed by atoms with van der Waals surface area (Å²) in [4.78, 5) is 0. The maximum Gasteiger partial charge on any atom is 0.122 e. The average molecular weight is 222 g/mol. The third kappa shape index (κ3) is 4.64. The van der Waals surface area contributed by atoms with E-state index >= 15 is 0 Å². The topological polar surface area (TPSA) is 61.3 Å². The lowest BCUT2D eigenvalue weighted by Gasteiger charge is -2.13. The minimum absolute atomic E-state index is 0.151. The lowest BCUT2D eigenvalue weighted by atomic mass is 10.1. The fourth-order valence-electron chi connectivity index (χ4n) is 1.51. The van der Waals surface area contributed by atoms with Gasteiger partial charge in [0.2, 0.25) is 0 Å². The molecule has 0 bridgehead atoms. The molecule has 0 aromatic heterocycles. The van der Waals surface area contributed by atoms with E-state index in [4.69, 9.17) is 16.2 Å². The van der Waals surface area contributed by atoms with E-state index in [1.807, 2.05) is 32.0 Å². The molecule has 3 nitrogen and oxygen atoms in total. The second kappa shape index (κ2) is 6.51. The molecule has 1 rings (SSSR count). The molecule has 0 spiro atoms. The van der Waals surface area contributed by atoms with Crippen molar-refractivity contribution >= 4 is 0 Å². The fraction of sp³-hybridized carbons (Fsp3) is 0.538. The van der Waals surface area contributed by atoms with Crippen LogP contribution in [0.1, 0.15) is 25.8 Å². The van der Waals surface area contributed by atoms with Crippen molar-refractivity contribution in [2.45, 2.75) is 38.8 Å². The van der Waals surface area contributed by atoms with Crippen LogP contribution in [0.5, 0.6) is 5.75 Å². The molecule has 90 valence electrons. The van der Waals surface area contributed by atoms with Crippen LogP contribution in [0, 0.1) is 0 Å². The Morgan fingerprint density at radius 3 is 2.44 bits per heavy atom. The Morgan fingerprint density at radius 2 is 1.81 bits per heavy atom. The Balaban J connectivity index is 2.56. The molecule has 0 aliphatic heterocycles. The molecule has 2 atom stereocenters. The van der Waals surface area contributed by atoms with Crippen LogP contribution in [0.2, 0.25) is 0 Å². The summed E-state index contributed by atoms with van der Waals surface area (Å²) in [7, 11) is 0. The van der Waals surface area contributed by atoms with Crippen molar-refractivity contribution in [3.8, 4) is 5.75 Å². The molecule has 0 saturated carbocycles. The summed E-state index contributed by atoms with van der Waals surface area (Å²) in [5.41, 5.74) is 12.6. The van der Waals surface area contributed by atoms with Crippen LogP contribution < -0.4 is 16.2 Å². The number of benzene rings is 1. The number of hydrogen-bond acceptors (Lipinski definition) is 3. The highest BCUT2D eigenvalue weighted by Crippen LogP contribution is 2.19. The van der Waals surface area contributed by atoms with Crippen molar-refractivity contribution in [1.82, 2.24) is 0 Å². The Morgan fingerprint density at radius 1 is 1.12 bits per heavy atom. The van der Waals surface area contributed by atoms with E-state index in [1.54, 1.807) is 0 Å². The molecule has 3 heteroatoms. The Hall–Kier alpha value is -1.06. The summed E-state index contributed by atoms with van der Waals surface area (Å²) in [6.07, 6.45) is 1.71. The highest BCUT2D eigenvalue weighted by Gasteiger charge is 2.05. The van der Waals surface area contributed by atoms with Gasteiger partial charge in [-0.15, -0.1) is 0 Å². The van der Waals surface area contributed by atoms with E-state index in [0.29, 0.717) is 6.61 Å². The van der Waals surface area contributed by atoms with Crippen LogP contribution in [0.25, 0.3) is 0 Å². The van der Waals surface area contributed by atoms with E-state index in [1.165, 1.54) is 5.56 Å². The average Bonchev–Trinajstić information content (AvgIpc) is 2.19. The number of nitrogens with two attached hydrogens (primary N) is 2. The maximum atomic E-state index is 5.79. The predicted octanol–water partition coefficient (Wildman–Crippen LogP) is 1.69. The van der Waals surface area contributed by atoms with E-state index in [9.17, 15) is 0 Å². The van der Waals surface area contributed by atoms with Gasteiger partial charge in [0.05, 0.1) is 6.61 Å². The minimum atomic E-state index is 0.151. The van der Waals surface area contributed by atoms with Gasteiger partial charge in [0.25, 0.3) is 0 Å². The third-order valence-electron chi connectivity index (χ3n) is 2.35. The zero-order valence-electron chi connectivity index (χ0n) is 10.1. The van der Waals surface area contributed by atoms with Gasteiger partial charge in [-0.25, -0.2) is 0 Å². The van der Waals surface area contributed by atoms with E-state index in [2.05, 4.69) is 6.07 Å². The minimum Gasteiger partial charge on any atom is -0.493 e. The molecule has 0 aliphatic rings. The summed E-state index contributed by atoms with van der Waals surface area (Å²) in [6, 6.07) is 8.37. The highest BCUT2D eigenvalue weighted by molar-refractivity contribution is 5.33. The van der Waals surface area contributed by atoms with Crippen molar-refractivity contribution in [3.05, 3.63) is 29.8 Å². The number of ether oxygens (including phenoxy) is 1. The number of rotatable bonds is 6. The van der Waals surface area contributed by atoms with Gasteiger partial charge in [-0.2, -0.15) is 0 Å². The second-order valence-corrected chi connectivity index (χ2v) is 4.40. The van der Waals surface area contributed by atoms with E-state index in [-0.39, 0.29) is 12.1 Å². The van der Waals surface area contributed by atoms with E-state index < -0.39 is 0 Å². The van der Waals surface area contributed by atoms with Gasteiger partial charge in [-0.1, -0.05) is 18.2 Å². The second-order valence-electron chi connectivity index (χ2n) is 4.40. The maximum absolute atomic E-state index is 5.79.